The number of carbonyl (C=O) groups is 1. The van der Waals surface area contributed by atoms with Gasteiger partial charge in [0.1, 0.15) is 35.0 Å². The van der Waals surface area contributed by atoms with Crippen LogP contribution in [0, 0.1) is 0 Å². The first-order valence-electron chi connectivity index (χ1n) is 18.2. The average molecular weight is 724 g/mol. The number of hydrogen-bond acceptors (Lipinski definition) is 8. The molecular formula is C41H41N9O4. The lowest BCUT2D eigenvalue weighted by atomic mass is 10.0. The molecule has 0 aliphatic rings. The molecule has 0 bridgehead atoms. The lowest BCUT2D eigenvalue weighted by Gasteiger charge is -2.18. The number of pyridine rings is 1. The number of nitrogens with one attached hydrogen (secondary N) is 3. The van der Waals surface area contributed by atoms with Crippen LogP contribution in [0.25, 0.3) is 54.7 Å². The van der Waals surface area contributed by atoms with Crippen molar-refractivity contribution >= 4 is 44.4 Å². The van der Waals surface area contributed by atoms with Gasteiger partial charge in [-0.2, -0.15) is 0 Å². The number of fused-ring (bicyclic) bond motifs is 4. The summed E-state index contributed by atoms with van der Waals surface area (Å²) in [4.78, 5) is 42.5. The van der Waals surface area contributed by atoms with Gasteiger partial charge in [0, 0.05) is 62.8 Å². The van der Waals surface area contributed by atoms with E-state index in [4.69, 9.17) is 19.7 Å². The first-order valence-corrected chi connectivity index (χ1v) is 18.2. The zero-order chi connectivity index (χ0) is 37.3. The molecule has 1 amide bonds. The van der Waals surface area contributed by atoms with E-state index in [0.29, 0.717) is 30.3 Å². The normalized spacial score (nSPS) is 11.8. The van der Waals surface area contributed by atoms with Crippen molar-refractivity contribution in [2.45, 2.75) is 58.2 Å². The minimum Gasteiger partial charge on any atom is -0.494 e. The number of ether oxygens (including phenoxy) is 1. The second kappa shape index (κ2) is 16.8. The molecule has 0 radical (unpaired) electrons. The quantitative estimate of drug-likeness (QED) is 0.0364. The zero-order valence-electron chi connectivity index (χ0n) is 30.0. The Morgan fingerprint density at radius 2 is 1.80 bits per heavy atom. The Bertz CT molecular complexity index is 2460. The van der Waals surface area contributed by atoms with E-state index in [1.807, 2.05) is 79.7 Å². The van der Waals surface area contributed by atoms with Gasteiger partial charge in [0.25, 0.3) is 5.56 Å². The van der Waals surface area contributed by atoms with Gasteiger partial charge in [0.2, 0.25) is 5.91 Å². The second-order valence-electron chi connectivity index (χ2n) is 13.2. The predicted molar refractivity (Wildman–Crippen MR) is 210 cm³/mol. The number of carbonyl (C=O) groups excluding carboxylic acids is 1. The van der Waals surface area contributed by atoms with Gasteiger partial charge in [-0.05, 0) is 85.5 Å². The van der Waals surface area contributed by atoms with E-state index in [9.17, 15) is 9.59 Å². The lowest BCUT2D eigenvalue weighted by molar-refractivity contribution is -0.121. The molecule has 4 aromatic heterocycles. The molecule has 0 fully saturated rings. The number of benzene rings is 3. The summed E-state index contributed by atoms with van der Waals surface area (Å²) in [6, 6.07) is 24.9. The Balaban J connectivity index is 1.08. The highest BCUT2D eigenvalue weighted by Gasteiger charge is 2.18. The highest BCUT2D eigenvalue weighted by Crippen LogP contribution is 2.31. The summed E-state index contributed by atoms with van der Waals surface area (Å²) in [6.07, 6.45) is 9.91. The minimum atomic E-state index is -0.367. The lowest BCUT2D eigenvalue weighted by Crippen LogP contribution is -2.34. The van der Waals surface area contributed by atoms with E-state index in [0.717, 1.165) is 76.2 Å². The molecule has 0 aliphatic heterocycles. The number of amides is 1. The van der Waals surface area contributed by atoms with Gasteiger partial charge < -0.3 is 24.8 Å². The van der Waals surface area contributed by atoms with Gasteiger partial charge in [-0.1, -0.05) is 48.6 Å². The van der Waals surface area contributed by atoms with E-state index in [1.54, 1.807) is 12.4 Å². The third kappa shape index (κ3) is 8.38. The van der Waals surface area contributed by atoms with Crippen LogP contribution < -0.4 is 20.9 Å². The van der Waals surface area contributed by atoms with Crippen LogP contribution in [0.3, 0.4) is 0 Å². The van der Waals surface area contributed by atoms with Crippen LogP contribution in [0.5, 0.6) is 5.75 Å². The zero-order valence-corrected chi connectivity index (χ0v) is 30.0. The SMILES string of the molecule is C[C@@H](Nc1cnc(-c2ccc(OCCCCCCCN=[N+]=[N-])cc2)n(CC(=O)NCc2cc3cnccc3[nH]2)c1=O)c1ccc2oc3ccccc3c2c1. The molecule has 274 valence electrons. The minimum absolute atomic E-state index is 0.235. The van der Waals surface area contributed by atoms with Crippen LogP contribution in [0.4, 0.5) is 5.69 Å². The van der Waals surface area contributed by atoms with Crippen molar-refractivity contribution in [3.8, 4) is 17.1 Å². The van der Waals surface area contributed by atoms with Gasteiger partial charge >= 0.3 is 0 Å². The maximum absolute atomic E-state index is 14.2. The number of unbranched alkanes of at least 4 members (excludes halogenated alkanes) is 4. The molecule has 3 aromatic carbocycles. The van der Waals surface area contributed by atoms with Crippen molar-refractivity contribution in [1.82, 2.24) is 24.8 Å². The molecular weight excluding hydrogens is 683 g/mol. The summed E-state index contributed by atoms with van der Waals surface area (Å²) in [5, 5.41) is 12.8. The van der Waals surface area contributed by atoms with Gasteiger partial charge in [0.05, 0.1) is 19.3 Å². The Kier molecular flexibility index (Phi) is 11.2. The number of azide groups is 1. The number of anilines is 1. The molecule has 54 heavy (non-hydrogen) atoms. The Morgan fingerprint density at radius 1 is 0.981 bits per heavy atom. The summed E-state index contributed by atoms with van der Waals surface area (Å²) in [5.41, 5.74) is 13.3. The first-order chi connectivity index (χ1) is 26.5. The highest BCUT2D eigenvalue weighted by atomic mass is 16.5. The smallest absolute Gasteiger partial charge is 0.277 e. The summed E-state index contributed by atoms with van der Waals surface area (Å²) >= 11 is 0. The van der Waals surface area contributed by atoms with Crippen LogP contribution in [0.1, 0.15) is 56.3 Å². The number of nitrogens with zero attached hydrogens (tertiary/aromatic N) is 6. The molecule has 4 heterocycles. The highest BCUT2D eigenvalue weighted by molar-refractivity contribution is 6.05. The predicted octanol–water partition coefficient (Wildman–Crippen LogP) is 8.82. The third-order valence-corrected chi connectivity index (χ3v) is 9.42. The third-order valence-electron chi connectivity index (χ3n) is 9.42. The Hall–Kier alpha value is -6.59. The first kappa shape index (κ1) is 35.8. The fourth-order valence-electron chi connectivity index (χ4n) is 6.57. The van der Waals surface area contributed by atoms with Crippen molar-refractivity contribution < 1.29 is 13.9 Å². The molecule has 0 unspecified atom stereocenters. The summed E-state index contributed by atoms with van der Waals surface area (Å²) in [5.74, 6) is 0.734. The molecule has 0 spiro atoms. The average Bonchev–Trinajstić information content (AvgIpc) is 3.79. The number of rotatable bonds is 17. The van der Waals surface area contributed by atoms with E-state index in [-0.39, 0.29) is 36.3 Å². The van der Waals surface area contributed by atoms with E-state index < -0.39 is 0 Å². The van der Waals surface area contributed by atoms with Gasteiger partial charge in [-0.3, -0.25) is 19.1 Å². The van der Waals surface area contributed by atoms with E-state index in [2.05, 4.69) is 36.7 Å². The van der Waals surface area contributed by atoms with Crippen molar-refractivity contribution in [1.29, 1.82) is 0 Å². The van der Waals surface area contributed by atoms with Crippen LogP contribution in [0.15, 0.2) is 112 Å². The number of aromatic nitrogens is 4. The molecule has 7 aromatic rings. The Morgan fingerprint density at radius 3 is 2.65 bits per heavy atom. The van der Waals surface area contributed by atoms with Crippen molar-refractivity contribution in [3.05, 3.63) is 130 Å². The van der Waals surface area contributed by atoms with Crippen LogP contribution in [-0.2, 0) is 17.9 Å². The van der Waals surface area contributed by atoms with Crippen LogP contribution in [0.2, 0.25) is 0 Å². The van der Waals surface area contributed by atoms with Gasteiger partial charge in [-0.25, -0.2) is 4.98 Å². The molecule has 13 heteroatoms. The van der Waals surface area contributed by atoms with Gasteiger partial charge in [-0.15, -0.1) is 0 Å². The second-order valence-corrected chi connectivity index (χ2v) is 13.2. The summed E-state index contributed by atoms with van der Waals surface area (Å²) in [7, 11) is 0. The summed E-state index contributed by atoms with van der Waals surface area (Å²) in [6.45, 7) is 3.12. The molecule has 0 aliphatic carbocycles. The van der Waals surface area contributed by atoms with E-state index in [1.165, 1.54) is 10.8 Å². The van der Waals surface area contributed by atoms with Gasteiger partial charge in [0.15, 0.2) is 0 Å². The topological polar surface area (TPSA) is 176 Å². The number of furan rings is 1. The largest absolute Gasteiger partial charge is 0.494 e. The van der Waals surface area contributed by atoms with Crippen LogP contribution in [-0.4, -0.2) is 38.6 Å². The summed E-state index contributed by atoms with van der Waals surface area (Å²) < 4.78 is 13.4. The molecule has 7 rings (SSSR count). The standard InChI is InChI=1S/C41H41N9O4/c1-27(29-13-16-38-34(22-29)33-9-5-6-10-37(33)54-38)47-36-25-45-40(28-11-14-32(15-12-28)53-20-8-4-2-3-7-18-46-49-42)50(41(36)52)26-39(51)44-24-31-21-30-23-43-19-17-35(30)48-31/h5-6,9-17,19,21-23,25,27,47-48H,2-4,7-8,18,20,24,26H2,1H3,(H,44,51)/t27-/m1/s1. The number of H-pyrrole nitrogens is 1. The maximum atomic E-state index is 14.2. The molecule has 0 saturated carbocycles. The van der Waals surface area contributed by atoms with Crippen molar-refractivity contribution in [3.63, 3.8) is 0 Å². The fourth-order valence-corrected chi connectivity index (χ4v) is 6.57. The molecule has 1 atom stereocenters. The molecule has 0 saturated heterocycles. The monoisotopic (exact) mass is 723 g/mol. The molecule has 13 nitrogen and oxygen atoms in total. The van der Waals surface area contributed by atoms with E-state index >= 15 is 0 Å². The number of aromatic amines is 1. The number of para-hydroxylation sites is 1. The molecule has 3 N–H and O–H groups in total. The Labute approximate surface area is 311 Å². The van der Waals surface area contributed by atoms with Crippen molar-refractivity contribution in [2.24, 2.45) is 5.11 Å². The fraction of sp³-hybridized carbons (Fsp3) is 0.268. The van der Waals surface area contributed by atoms with Crippen molar-refractivity contribution in [2.75, 3.05) is 18.5 Å². The maximum Gasteiger partial charge on any atom is 0.277 e. The van der Waals surface area contributed by atoms with Crippen LogP contribution >= 0.6 is 0 Å². The number of hydrogen-bond donors (Lipinski definition) is 3.